The summed E-state index contributed by atoms with van der Waals surface area (Å²) < 4.78 is 0. The van der Waals surface area contributed by atoms with Gasteiger partial charge in [0.05, 0.1) is 16.8 Å². The first-order valence-electron chi connectivity index (χ1n) is 21.7. The van der Waals surface area contributed by atoms with Crippen molar-refractivity contribution in [2.75, 3.05) is 0 Å². The molecule has 0 fully saturated rings. The number of allylic oxidation sites excluding steroid dienone is 4. The summed E-state index contributed by atoms with van der Waals surface area (Å²) in [4.78, 5) is 10.5. The molecule has 6 nitrogen and oxygen atoms in total. The molecule has 0 saturated heterocycles. The van der Waals surface area contributed by atoms with Crippen molar-refractivity contribution < 1.29 is 0 Å². The quantitative estimate of drug-likeness (QED) is 0.0947. The van der Waals surface area contributed by atoms with Gasteiger partial charge in [-0.15, -0.1) is 10.2 Å². The van der Waals surface area contributed by atoms with Gasteiger partial charge < -0.3 is 11.5 Å². The fourth-order valence-electron chi connectivity index (χ4n) is 9.66. The zero-order valence-corrected chi connectivity index (χ0v) is 35.3. The number of nitrogens with two attached hydrogens (primary N) is 2. The highest BCUT2D eigenvalue weighted by Crippen LogP contribution is 2.64. The smallest absolute Gasteiger partial charge is 0.158 e. The Morgan fingerprint density at radius 3 is 1.70 bits per heavy atom. The second-order valence-electron chi connectivity index (χ2n) is 15.8. The van der Waals surface area contributed by atoms with E-state index in [2.05, 4.69) is 103 Å². The first kappa shape index (κ1) is 39.2. The number of amidine groups is 1. The Kier molecular flexibility index (Phi) is 10.3. The average Bonchev–Trinajstić information content (AvgIpc) is 3.83. The molecule has 0 saturated carbocycles. The van der Waals surface area contributed by atoms with E-state index in [0.29, 0.717) is 29.5 Å². The minimum Gasteiger partial charge on any atom is -0.396 e. The van der Waals surface area contributed by atoms with Gasteiger partial charge in [-0.3, -0.25) is 0 Å². The van der Waals surface area contributed by atoms with E-state index in [4.69, 9.17) is 31.6 Å². The molecule has 1 spiro atoms. The van der Waals surface area contributed by atoms with Crippen LogP contribution >= 0.6 is 0 Å². The molecule has 0 bridgehead atoms. The van der Waals surface area contributed by atoms with Gasteiger partial charge in [0.25, 0.3) is 0 Å². The van der Waals surface area contributed by atoms with Crippen molar-refractivity contribution in [2.45, 2.75) is 31.6 Å². The van der Waals surface area contributed by atoms with E-state index in [1.807, 2.05) is 111 Å². The molecular weight excluding hydrogens is 769 g/mol. The van der Waals surface area contributed by atoms with Gasteiger partial charge in [-0.2, -0.15) is 0 Å². The molecular formula is C57H46N6. The predicted molar refractivity (Wildman–Crippen MR) is 258 cm³/mol. The van der Waals surface area contributed by atoms with E-state index in [0.717, 1.165) is 39.2 Å². The molecule has 0 radical (unpaired) electrons. The molecule has 1 atom stereocenters. The lowest BCUT2D eigenvalue weighted by atomic mass is 9.67. The van der Waals surface area contributed by atoms with Crippen LogP contribution in [0.25, 0.3) is 50.6 Å². The Hall–Kier alpha value is -7.96. The molecule has 3 aliphatic rings. The number of nitrogens with zero attached hydrogens (tertiary/aromatic N) is 4. The highest BCUT2D eigenvalue weighted by Gasteiger charge is 2.53. The number of fused-ring (bicyclic) bond motifs is 9. The van der Waals surface area contributed by atoms with Gasteiger partial charge in [0.15, 0.2) is 5.82 Å². The third-order valence-electron chi connectivity index (χ3n) is 12.4. The van der Waals surface area contributed by atoms with E-state index in [-0.39, 0.29) is 5.92 Å². The van der Waals surface area contributed by atoms with Gasteiger partial charge in [0, 0.05) is 28.2 Å². The summed E-state index contributed by atoms with van der Waals surface area (Å²) in [5.74, 6) is 0.968. The van der Waals surface area contributed by atoms with Gasteiger partial charge in [-0.25, -0.2) is 9.98 Å². The summed E-state index contributed by atoms with van der Waals surface area (Å²) in [6.45, 7) is 4.00. The van der Waals surface area contributed by atoms with Crippen molar-refractivity contribution >= 4 is 22.8 Å². The van der Waals surface area contributed by atoms with Crippen molar-refractivity contribution in [2.24, 2.45) is 16.5 Å². The fraction of sp³-hybridized carbons (Fsp3) is 0.0877. The van der Waals surface area contributed by atoms with Gasteiger partial charge in [0.2, 0.25) is 0 Å². The molecule has 1 unspecified atom stereocenters. The molecule has 4 N–H and O–H groups in total. The topological polar surface area (TPSA) is 103 Å². The lowest BCUT2D eigenvalue weighted by molar-refractivity contribution is 0.650. The second-order valence-corrected chi connectivity index (χ2v) is 15.8. The van der Waals surface area contributed by atoms with E-state index < -0.39 is 5.41 Å². The first-order valence-corrected chi connectivity index (χ1v) is 21.7. The average molecular weight is 815 g/mol. The molecule has 63 heavy (non-hydrogen) atoms. The predicted octanol–water partition coefficient (Wildman–Crippen LogP) is 12.2. The monoisotopic (exact) mass is 814 g/mol. The van der Waals surface area contributed by atoms with Crippen LogP contribution in [-0.2, 0) is 5.41 Å². The standard InChI is InChI=1S/C55H40N6.C2H6/c56-49(35-17-5-1-6-18-35)50(36-19-7-2-8-20-36)58-53(57)39-29-31-43-44-32-30-40(54-59-51(37-21-9-3-10-22-37)52(60-61-54)38-23-11-4-12-24-38)34-48(44)55(47(43)33-39)45-27-15-13-25-41(45)42-26-14-16-28-46(42)55;1-2/h1-33,40H,34,56H2,(H2,57,58);1-2H3/b50-49-;. The molecule has 7 aromatic carbocycles. The summed E-state index contributed by atoms with van der Waals surface area (Å²) in [6.07, 6.45) is 5.25. The van der Waals surface area contributed by atoms with Crippen LogP contribution in [0.15, 0.2) is 211 Å². The second kappa shape index (κ2) is 16.5. The molecule has 6 heteroatoms. The summed E-state index contributed by atoms with van der Waals surface area (Å²) in [7, 11) is 0. The Labute approximate surface area is 368 Å². The van der Waals surface area contributed by atoms with Crippen LogP contribution in [-0.4, -0.2) is 21.0 Å². The molecule has 11 rings (SSSR count). The van der Waals surface area contributed by atoms with E-state index in [1.54, 1.807) is 0 Å². The van der Waals surface area contributed by atoms with Crippen molar-refractivity contribution in [3.8, 4) is 33.6 Å². The molecule has 1 heterocycles. The Morgan fingerprint density at radius 1 is 0.540 bits per heavy atom. The van der Waals surface area contributed by atoms with Crippen LogP contribution in [0.1, 0.15) is 71.0 Å². The highest BCUT2D eigenvalue weighted by atomic mass is 15.2. The minimum atomic E-state index is -0.585. The fourth-order valence-corrected chi connectivity index (χ4v) is 9.66. The number of rotatable bonds is 7. The number of aromatic nitrogens is 3. The zero-order valence-electron chi connectivity index (χ0n) is 35.3. The normalized spacial score (nSPS) is 15.7. The summed E-state index contributed by atoms with van der Waals surface area (Å²) in [6, 6.07) is 64.7. The van der Waals surface area contributed by atoms with Crippen molar-refractivity contribution in [1.82, 2.24) is 15.2 Å². The Morgan fingerprint density at radius 2 is 1.08 bits per heavy atom. The largest absolute Gasteiger partial charge is 0.396 e. The van der Waals surface area contributed by atoms with E-state index >= 15 is 0 Å². The molecule has 1 aromatic heterocycles. The number of benzene rings is 7. The number of hydrogen-bond donors (Lipinski definition) is 2. The lowest BCUT2D eigenvalue weighted by Gasteiger charge is -2.35. The maximum Gasteiger partial charge on any atom is 0.158 e. The van der Waals surface area contributed by atoms with Crippen molar-refractivity contribution in [1.29, 1.82) is 0 Å². The van der Waals surface area contributed by atoms with Crippen LogP contribution in [0.3, 0.4) is 0 Å². The summed E-state index contributed by atoms with van der Waals surface area (Å²) in [5, 5.41) is 9.77. The zero-order chi connectivity index (χ0) is 42.9. The molecule has 0 aliphatic heterocycles. The van der Waals surface area contributed by atoms with Gasteiger partial charge in [-0.05, 0) is 62.6 Å². The van der Waals surface area contributed by atoms with Gasteiger partial charge in [0.1, 0.15) is 17.2 Å². The Bertz CT molecular complexity index is 3070. The number of hydrogen-bond acceptors (Lipinski definition) is 5. The van der Waals surface area contributed by atoms with Crippen LogP contribution in [0.2, 0.25) is 0 Å². The minimum absolute atomic E-state index is 0.115. The summed E-state index contributed by atoms with van der Waals surface area (Å²) in [5.41, 5.74) is 30.6. The van der Waals surface area contributed by atoms with Crippen LogP contribution in [0.4, 0.5) is 0 Å². The van der Waals surface area contributed by atoms with Crippen molar-refractivity contribution in [3.63, 3.8) is 0 Å². The highest BCUT2D eigenvalue weighted by molar-refractivity contribution is 6.05. The molecule has 304 valence electrons. The molecule has 3 aliphatic carbocycles. The van der Waals surface area contributed by atoms with Crippen LogP contribution < -0.4 is 11.5 Å². The first-order chi connectivity index (χ1) is 31.1. The number of aliphatic imine (C=N–C) groups is 1. The van der Waals surface area contributed by atoms with E-state index in [9.17, 15) is 0 Å². The molecule has 8 aromatic rings. The lowest BCUT2D eigenvalue weighted by Crippen LogP contribution is -2.29. The maximum absolute atomic E-state index is 7.09. The Balaban J connectivity index is 0.00000232. The third-order valence-corrected chi connectivity index (χ3v) is 12.4. The molecule has 0 amide bonds. The van der Waals surface area contributed by atoms with Crippen LogP contribution in [0, 0.1) is 0 Å². The van der Waals surface area contributed by atoms with Gasteiger partial charge in [-0.1, -0.05) is 208 Å². The third kappa shape index (κ3) is 6.59. The van der Waals surface area contributed by atoms with E-state index in [1.165, 1.54) is 44.5 Å². The summed E-state index contributed by atoms with van der Waals surface area (Å²) >= 11 is 0. The SMILES string of the molecule is CC.NC(=N/C(=C(\N)c1ccccc1)c1ccccc1)c1ccc2c(c1)C1(C3=C2C=CC(c2nnc(-c4ccccc4)c(-c4ccccc4)n2)C3)c2ccccc2-c2ccccc21. The maximum atomic E-state index is 7.09. The van der Waals surface area contributed by atoms with Crippen molar-refractivity contribution in [3.05, 3.63) is 251 Å². The van der Waals surface area contributed by atoms with Crippen LogP contribution in [0.5, 0.6) is 0 Å². The van der Waals surface area contributed by atoms with Gasteiger partial charge >= 0.3 is 0 Å².